The van der Waals surface area contributed by atoms with Crippen molar-refractivity contribution in [2.24, 2.45) is 11.7 Å². The molecule has 30 heavy (non-hydrogen) atoms. The molecule has 1 aromatic heterocycles. The fourth-order valence-corrected chi connectivity index (χ4v) is 3.24. The van der Waals surface area contributed by atoms with Gasteiger partial charge in [-0.15, -0.1) is 0 Å². The molecule has 0 atom stereocenters. The molecule has 162 valence electrons. The number of ether oxygens (including phenoxy) is 2. The van der Waals surface area contributed by atoms with Crippen LogP contribution in [0.3, 0.4) is 0 Å². The number of rotatable bonds is 10. The number of pyridine rings is 1. The van der Waals surface area contributed by atoms with Crippen molar-refractivity contribution in [1.82, 2.24) is 4.57 Å². The van der Waals surface area contributed by atoms with Crippen molar-refractivity contribution in [2.45, 2.75) is 39.2 Å². The van der Waals surface area contributed by atoms with E-state index in [0.29, 0.717) is 41.3 Å². The third-order valence-electron chi connectivity index (χ3n) is 5.04. The molecule has 0 aliphatic heterocycles. The molecule has 1 fully saturated rings. The predicted octanol–water partition coefficient (Wildman–Crippen LogP) is 2.57. The largest absolute Gasteiger partial charge is 0.489 e. The van der Waals surface area contributed by atoms with Gasteiger partial charge in [-0.3, -0.25) is 19.1 Å². The number of unbranched alkanes of at least 4 members (excludes halogenated alkanes) is 1. The molecule has 0 unspecified atom stereocenters. The summed E-state index contributed by atoms with van der Waals surface area (Å²) in [4.78, 5) is 37.1. The van der Waals surface area contributed by atoms with Gasteiger partial charge in [0.25, 0.3) is 11.5 Å². The zero-order valence-corrected chi connectivity index (χ0v) is 17.2. The number of hydrogen-bond acceptors (Lipinski definition) is 5. The molecule has 3 rings (SSSR count). The molecule has 9 nitrogen and oxygen atoms in total. The molecule has 1 heterocycles. The fraction of sp³-hybridized carbons (Fsp3) is 0.476. The first-order chi connectivity index (χ1) is 14.3. The number of carbonyl (C=O) groups excluding carboxylic acids is 1. The normalized spacial score (nSPS) is 13.3. The standard InChI is InChI=1S/C21H27N3O6/c1-3-4-9-29-18-16-10-14(30-12-17(22)25)7-8-15(16)20(26)24(11-13-5-6-13)19(18)23(2)21(27)28/h7-8,10,13H,3-6,9,11-12H2,1-2H3,(H2,22,25)(H,27,28). The fourth-order valence-electron chi connectivity index (χ4n) is 3.24. The maximum atomic E-state index is 13.3. The quantitative estimate of drug-likeness (QED) is 0.573. The molecule has 3 N–H and O–H groups in total. The third kappa shape index (κ3) is 4.67. The van der Waals surface area contributed by atoms with Crippen molar-refractivity contribution in [3.05, 3.63) is 28.6 Å². The Labute approximate surface area is 174 Å². The van der Waals surface area contributed by atoms with E-state index in [-0.39, 0.29) is 18.0 Å². The monoisotopic (exact) mass is 417 g/mol. The van der Waals surface area contributed by atoms with Crippen LogP contribution in [0.25, 0.3) is 10.8 Å². The lowest BCUT2D eigenvalue weighted by atomic mass is 10.1. The summed E-state index contributed by atoms with van der Waals surface area (Å²) in [7, 11) is 1.40. The minimum Gasteiger partial charge on any atom is -0.489 e. The smallest absolute Gasteiger partial charge is 0.412 e. The molecule has 0 spiro atoms. The van der Waals surface area contributed by atoms with Crippen LogP contribution < -0.4 is 25.7 Å². The molecule has 2 amide bonds. The van der Waals surface area contributed by atoms with Crippen LogP contribution in [0, 0.1) is 5.92 Å². The summed E-state index contributed by atoms with van der Waals surface area (Å²) in [6, 6.07) is 4.78. The Kier molecular flexibility index (Phi) is 6.49. The highest BCUT2D eigenvalue weighted by molar-refractivity contribution is 5.97. The van der Waals surface area contributed by atoms with E-state index < -0.39 is 12.0 Å². The average Bonchev–Trinajstić information content (AvgIpc) is 3.53. The number of anilines is 1. The molecule has 1 aromatic carbocycles. The van der Waals surface area contributed by atoms with E-state index >= 15 is 0 Å². The van der Waals surface area contributed by atoms with Crippen LogP contribution in [0.15, 0.2) is 23.0 Å². The zero-order chi connectivity index (χ0) is 21.8. The highest BCUT2D eigenvalue weighted by Crippen LogP contribution is 2.39. The van der Waals surface area contributed by atoms with Crippen molar-refractivity contribution in [1.29, 1.82) is 0 Å². The molecular weight excluding hydrogens is 390 g/mol. The van der Waals surface area contributed by atoms with E-state index in [1.807, 2.05) is 6.92 Å². The Balaban J connectivity index is 2.22. The van der Waals surface area contributed by atoms with Crippen LogP contribution in [0.2, 0.25) is 0 Å². The minimum absolute atomic E-state index is 0.204. The first-order valence-corrected chi connectivity index (χ1v) is 10.0. The Morgan fingerprint density at radius 2 is 2.00 bits per heavy atom. The second-order valence-corrected chi connectivity index (χ2v) is 7.52. The molecular formula is C21H27N3O6. The SMILES string of the molecule is CCCCOc1c(N(C)C(=O)O)n(CC2CC2)c(=O)c2ccc(OCC(N)=O)cc12. The molecule has 2 aromatic rings. The van der Waals surface area contributed by atoms with E-state index in [4.69, 9.17) is 15.2 Å². The lowest BCUT2D eigenvalue weighted by Gasteiger charge is -2.24. The molecule has 1 aliphatic rings. The number of carbonyl (C=O) groups is 2. The van der Waals surface area contributed by atoms with E-state index in [1.165, 1.54) is 11.6 Å². The number of amides is 2. The lowest BCUT2D eigenvalue weighted by Crippen LogP contribution is -2.33. The average molecular weight is 417 g/mol. The van der Waals surface area contributed by atoms with Crippen LogP contribution in [0.1, 0.15) is 32.6 Å². The molecule has 0 bridgehead atoms. The zero-order valence-electron chi connectivity index (χ0n) is 17.2. The number of nitrogens with two attached hydrogens (primary N) is 1. The van der Waals surface area contributed by atoms with Crippen LogP contribution in [0.5, 0.6) is 11.5 Å². The summed E-state index contributed by atoms with van der Waals surface area (Å²) in [5, 5.41) is 10.5. The van der Waals surface area contributed by atoms with Crippen molar-refractivity contribution in [3.8, 4) is 11.5 Å². The highest BCUT2D eigenvalue weighted by Gasteiger charge is 2.29. The molecule has 1 aliphatic carbocycles. The topological polar surface area (TPSA) is 124 Å². The van der Waals surface area contributed by atoms with Gasteiger partial charge < -0.3 is 20.3 Å². The summed E-state index contributed by atoms with van der Waals surface area (Å²) in [5.74, 6) is 0.580. The van der Waals surface area contributed by atoms with Gasteiger partial charge in [0.2, 0.25) is 0 Å². The molecule has 0 saturated heterocycles. The van der Waals surface area contributed by atoms with E-state index in [1.54, 1.807) is 18.2 Å². The van der Waals surface area contributed by atoms with E-state index in [9.17, 15) is 19.5 Å². The highest BCUT2D eigenvalue weighted by atomic mass is 16.5. The first-order valence-electron chi connectivity index (χ1n) is 10.0. The second kappa shape index (κ2) is 9.06. The number of hydrogen-bond donors (Lipinski definition) is 2. The van der Waals surface area contributed by atoms with Gasteiger partial charge in [0.15, 0.2) is 18.2 Å². The summed E-state index contributed by atoms with van der Waals surface area (Å²) in [6.45, 7) is 2.53. The number of carboxylic acid groups (broad SMARTS) is 1. The van der Waals surface area contributed by atoms with Gasteiger partial charge in [0.1, 0.15) is 5.75 Å². The van der Waals surface area contributed by atoms with Crippen LogP contribution in [0.4, 0.5) is 10.6 Å². The Hall–Kier alpha value is -3.23. The number of benzene rings is 1. The third-order valence-corrected chi connectivity index (χ3v) is 5.04. The van der Waals surface area contributed by atoms with Gasteiger partial charge in [-0.2, -0.15) is 0 Å². The van der Waals surface area contributed by atoms with Gasteiger partial charge in [-0.05, 0) is 43.4 Å². The first kappa shape index (κ1) is 21.5. The van der Waals surface area contributed by atoms with Gasteiger partial charge in [-0.25, -0.2) is 4.79 Å². The second-order valence-electron chi connectivity index (χ2n) is 7.52. The number of fused-ring (bicyclic) bond motifs is 1. The summed E-state index contributed by atoms with van der Waals surface area (Å²) in [5.41, 5.74) is 4.86. The predicted molar refractivity (Wildman–Crippen MR) is 112 cm³/mol. The van der Waals surface area contributed by atoms with Crippen molar-refractivity contribution >= 4 is 28.6 Å². The van der Waals surface area contributed by atoms with Gasteiger partial charge >= 0.3 is 6.09 Å². The van der Waals surface area contributed by atoms with Crippen LogP contribution in [-0.2, 0) is 11.3 Å². The van der Waals surface area contributed by atoms with Crippen molar-refractivity contribution in [2.75, 3.05) is 25.2 Å². The van der Waals surface area contributed by atoms with E-state index in [2.05, 4.69) is 0 Å². The molecule has 0 radical (unpaired) electrons. The van der Waals surface area contributed by atoms with E-state index in [0.717, 1.165) is 30.6 Å². The minimum atomic E-state index is -1.19. The number of nitrogens with zero attached hydrogens (tertiary/aromatic N) is 2. The summed E-state index contributed by atoms with van der Waals surface area (Å²) in [6.07, 6.45) is 2.49. The Morgan fingerprint density at radius 3 is 2.60 bits per heavy atom. The molecule has 9 heteroatoms. The van der Waals surface area contributed by atoms with Gasteiger partial charge in [0, 0.05) is 19.0 Å². The number of aromatic nitrogens is 1. The Bertz CT molecular complexity index is 1010. The van der Waals surface area contributed by atoms with Crippen molar-refractivity contribution in [3.63, 3.8) is 0 Å². The van der Waals surface area contributed by atoms with Crippen LogP contribution >= 0.6 is 0 Å². The number of primary amides is 1. The van der Waals surface area contributed by atoms with Crippen molar-refractivity contribution < 1.29 is 24.2 Å². The van der Waals surface area contributed by atoms with Gasteiger partial charge in [0.05, 0.1) is 12.0 Å². The Morgan fingerprint density at radius 1 is 1.27 bits per heavy atom. The maximum absolute atomic E-state index is 13.3. The summed E-state index contributed by atoms with van der Waals surface area (Å²) < 4.78 is 12.9. The van der Waals surface area contributed by atoms with Gasteiger partial charge in [-0.1, -0.05) is 13.3 Å². The maximum Gasteiger partial charge on any atom is 0.412 e. The lowest BCUT2D eigenvalue weighted by molar-refractivity contribution is -0.119. The van der Waals surface area contributed by atoms with Crippen LogP contribution in [-0.4, -0.2) is 41.9 Å². The summed E-state index contributed by atoms with van der Waals surface area (Å²) >= 11 is 0. The molecule has 1 saturated carbocycles.